The van der Waals surface area contributed by atoms with E-state index in [1.54, 1.807) is 12.5 Å². The number of hydrogen-bond donors (Lipinski definition) is 1. The van der Waals surface area contributed by atoms with Crippen LogP contribution in [0.1, 0.15) is 12.0 Å². The van der Waals surface area contributed by atoms with Crippen LogP contribution in [0.2, 0.25) is 0 Å². The van der Waals surface area contributed by atoms with Gasteiger partial charge in [-0.25, -0.2) is 9.97 Å². The van der Waals surface area contributed by atoms with E-state index < -0.39 is 16.8 Å². The summed E-state index contributed by atoms with van der Waals surface area (Å²) in [6.07, 6.45) is 4.14. The first-order valence-corrected chi connectivity index (χ1v) is 9.16. The summed E-state index contributed by atoms with van der Waals surface area (Å²) in [4.78, 5) is 19.6. The molecule has 0 bridgehead atoms. The third kappa shape index (κ3) is 4.04. The van der Waals surface area contributed by atoms with Gasteiger partial charge in [0, 0.05) is 35.5 Å². The molecule has 21 heavy (non-hydrogen) atoms. The van der Waals surface area contributed by atoms with Crippen LogP contribution in [0.5, 0.6) is 0 Å². The van der Waals surface area contributed by atoms with E-state index in [0.717, 1.165) is 23.1 Å². The van der Waals surface area contributed by atoms with E-state index in [4.69, 9.17) is 5.11 Å². The highest BCUT2D eigenvalue weighted by Crippen LogP contribution is 2.25. The number of aromatic nitrogens is 3. The third-order valence-electron chi connectivity index (χ3n) is 2.94. The molecule has 0 saturated heterocycles. The van der Waals surface area contributed by atoms with Crippen LogP contribution in [-0.4, -0.2) is 47.6 Å². The van der Waals surface area contributed by atoms with Crippen LogP contribution in [0.25, 0.3) is 11.2 Å². The van der Waals surface area contributed by atoms with Gasteiger partial charge in [-0.3, -0.25) is 9.00 Å². The van der Waals surface area contributed by atoms with Gasteiger partial charge in [0.15, 0.2) is 10.8 Å². The van der Waals surface area contributed by atoms with Gasteiger partial charge in [0.25, 0.3) is 0 Å². The first kappa shape index (κ1) is 16.0. The maximum Gasteiger partial charge on any atom is 0.313 e. The van der Waals surface area contributed by atoms with Gasteiger partial charge in [0.2, 0.25) is 0 Å². The second-order valence-corrected chi connectivity index (χ2v) is 7.16. The topological polar surface area (TPSA) is 85.1 Å². The molecule has 2 aromatic rings. The summed E-state index contributed by atoms with van der Waals surface area (Å²) in [5, 5.41) is 9.48. The second-order valence-electron chi connectivity index (χ2n) is 4.66. The van der Waals surface area contributed by atoms with Gasteiger partial charge in [0.05, 0.1) is 5.75 Å². The Bertz CT molecular complexity index is 685. The number of rotatable bonds is 7. The van der Waals surface area contributed by atoms with E-state index in [2.05, 4.69) is 9.97 Å². The third-order valence-corrected chi connectivity index (χ3v) is 4.76. The summed E-state index contributed by atoms with van der Waals surface area (Å²) in [7, 11) is -0.838. The van der Waals surface area contributed by atoms with Gasteiger partial charge in [-0.05, 0) is 25.0 Å². The van der Waals surface area contributed by atoms with E-state index in [-0.39, 0.29) is 5.75 Å². The molecule has 0 aliphatic carbocycles. The van der Waals surface area contributed by atoms with Crippen molar-refractivity contribution in [1.82, 2.24) is 14.5 Å². The van der Waals surface area contributed by atoms with Crippen LogP contribution in [-0.2, 0) is 22.1 Å². The fraction of sp³-hybridized carbons (Fsp3) is 0.462. The number of carboxylic acids is 1. The number of nitrogens with zero attached hydrogens (tertiary/aromatic N) is 3. The van der Waals surface area contributed by atoms with Crippen molar-refractivity contribution in [3.63, 3.8) is 0 Å². The van der Waals surface area contributed by atoms with Crippen LogP contribution < -0.4 is 0 Å². The number of hydrogen-bond acceptors (Lipinski definition) is 5. The molecular formula is C13H17N3O3S2. The minimum atomic E-state index is -0.877. The Hall–Kier alpha value is -1.41. The van der Waals surface area contributed by atoms with Crippen molar-refractivity contribution in [1.29, 1.82) is 0 Å². The number of imidazole rings is 1. The molecule has 1 atom stereocenters. The van der Waals surface area contributed by atoms with Gasteiger partial charge in [-0.15, -0.1) is 0 Å². The predicted octanol–water partition coefficient (Wildman–Crippen LogP) is 1.69. The van der Waals surface area contributed by atoms with Crippen LogP contribution in [0, 0.1) is 6.92 Å². The second kappa shape index (κ2) is 7.04. The summed E-state index contributed by atoms with van der Waals surface area (Å²) in [6.45, 7) is 2.59. The monoisotopic (exact) mass is 327 g/mol. The lowest BCUT2D eigenvalue weighted by molar-refractivity contribution is -0.133. The predicted molar refractivity (Wildman–Crippen MR) is 84.2 cm³/mol. The maximum absolute atomic E-state index is 11.2. The molecule has 0 aliphatic heterocycles. The summed E-state index contributed by atoms with van der Waals surface area (Å²) < 4.78 is 13.1. The van der Waals surface area contributed by atoms with Gasteiger partial charge >= 0.3 is 5.97 Å². The Balaban J connectivity index is 2.32. The molecule has 0 amide bonds. The van der Waals surface area contributed by atoms with Gasteiger partial charge < -0.3 is 9.67 Å². The molecule has 6 nitrogen and oxygen atoms in total. The standard InChI is InChI=1S/C13H17N3O3S2/c1-9-4-5-14-12-11(9)15-13(20-8-10(17)18)16(12)6-3-7-21(2)19/h4-5H,3,6-8H2,1-2H3,(H,17,18). The molecule has 0 aromatic carbocycles. The lowest BCUT2D eigenvalue weighted by Crippen LogP contribution is -2.06. The molecule has 0 radical (unpaired) electrons. The molecule has 1 N–H and O–H groups in total. The Morgan fingerprint density at radius 1 is 1.52 bits per heavy atom. The summed E-state index contributed by atoms with van der Waals surface area (Å²) in [6, 6.07) is 1.88. The zero-order chi connectivity index (χ0) is 15.4. The zero-order valence-electron chi connectivity index (χ0n) is 11.9. The number of carbonyl (C=O) groups is 1. The SMILES string of the molecule is Cc1ccnc2c1nc(SCC(=O)O)n2CCCS(C)=O. The average Bonchev–Trinajstić information content (AvgIpc) is 2.76. The highest BCUT2D eigenvalue weighted by molar-refractivity contribution is 7.99. The molecule has 114 valence electrons. The molecule has 0 aliphatic rings. The minimum Gasteiger partial charge on any atom is -0.481 e. The van der Waals surface area contributed by atoms with Gasteiger partial charge in [0.1, 0.15) is 5.52 Å². The van der Waals surface area contributed by atoms with Crippen molar-refractivity contribution in [3.8, 4) is 0 Å². The first-order valence-electron chi connectivity index (χ1n) is 6.45. The van der Waals surface area contributed by atoms with Gasteiger partial charge in [-0.2, -0.15) is 0 Å². The van der Waals surface area contributed by atoms with Crippen molar-refractivity contribution >= 4 is 39.7 Å². The molecule has 0 saturated carbocycles. The lowest BCUT2D eigenvalue weighted by atomic mass is 10.3. The molecule has 0 spiro atoms. The highest BCUT2D eigenvalue weighted by Gasteiger charge is 2.15. The number of aliphatic carboxylic acids is 1. The van der Waals surface area contributed by atoms with Crippen molar-refractivity contribution in [2.45, 2.75) is 25.0 Å². The van der Waals surface area contributed by atoms with E-state index in [9.17, 15) is 9.00 Å². The number of fused-ring (bicyclic) bond motifs is 1. The smallest absolute Gasteiger partial charge is 0.313 e. The lowest BCUT2D eigenvalue weighted by Gasteiger charge is -2.06. The number of thioether (sulfide) groups is 1. The van der Waals surface area contributed by atoms with Crippen molar-refractivity contribution < 1.29 is 14.1 Å². The summed E-state index contributed by atoms with van der Waals surface area (Å²) in [5.41, 5.74) is 2.56. The summed E-state index contributed by atoms with van der Waals surface area (Å²) in [5.74, 6) is -0.311. The Labute approximate surface area is 129 Å². The molecule has 1 unspecified atom stereocenters. The van der Waals surface area contributed by atoms with Crippen LogP contribution in [0.15, 0.2) is 17.4 Å². The van der Waals surface area contributed by atoms with Crippen LogP contribution in [0.4, 0.5) is 0 Å². The molecule has 2 heterocycles. The van der Waals surface area contributed by atoms with E-state index in [0.29, 0.717) is 17.5 Å². The van der Waals surface area contributed by atoms with Crippen molar-refractivity contribution in [3.05, 3.63) is 17.8 Å². The molecule has 8 heteroatoms. The normalized spacial score (nSPS) is 12.7. The number of aryl methyl sites for hydroxylation is 2. The fourth-order valence-electron chi connectivity index (χ4n) is 1.98. The largest absolute Gasteiger partial charge is 0.481 e. The van der Waals surface area contributed by atoms with E-state index in [1.807, 2.05) is 17.6 Å². The van der Waals surface area contributed by atoms with Crippen molar-refractivity contribution in [2.24, 2.45) is 0 Å². The number of pyridine rings is 1. The van der Waals surface area contributed by atoms with Crippen LogP contribution in [0.3, 0.4) is 0 Å². The number of carboxylic acid groups (broad SMARTS) is 1. The zero-order valence-corrected chi connectivity index (χ0v) is 13.5. The molecule has 0 fully saturated rings. The molecule has 2 aromatic heterocycles. The first-order chi connectivity index (χ1) is 9.99. The fourth-order valence-corrected chi connectivity index (χ4v) is 3.26. The quantitative estimate of drug-likeness (QED) is 0.779. The van der Waals surface area contributed by atoms with E-state index in [1.165, 1.54) is 11.8 Å². The molecular weight excluding hydrogens is 310 g/mol. The van der Waals surface area contributed by atoms with E-state index >= 15 is 0 Å². The van der Waals surface area contributed by atoms with Crippen LogP contribution >= 0.6 is 11.8 Å². The highest BCUT2D eigenvalue weighted by atomic mass is 32.2. The average molecular weight is 327 g/mol. The maximum atomic E-state index is 11.2. The molecule has 2 rings (SSSR count). The Kier molecular flexibility index (Phi) is 5.35. The Morgan fingerprint density at radius 3 is 2.95 bits per heavy atom. The van der Waals surface area contributed by atoms with Crippen molar-refractivity contribution in [2.75, 3.05) is 17.8 Å². The Morgan fingerprint density at radius 2 is 2.29 bits per heavy atom. The van der Waals surface area contributed by atoms with Gasteiger partial charge in [-0.1, -0.05) is 11.8 Å². The minimum absolute atomic E-state index is 0.0396. The summed E-state index contributed by atoms with van der Waals surface area (Å²) >= 11 is 1.18.